The van der Waals surface area contributed by atoms with Gasteiger partial charge in [0.1, 0.15) is 0 Å². The lowest BCUT2D eigenvalue weighted by Gasteiger charge is -1.90. The SMILES string of the molecule is Nc1nc2nc(N=Nc3ccc(Cl)cc3)[nH]c2c(=O)[nH]1. The van der Waals surface area contributed by atoms with Crippen LogP contribution in [0.5, 0.6) is 0 Å². The topological polar surface area (TPSA) is 125 Å². The summed E-state index contributed by atoms with van der Waals surface area (Å²) in [5, 5.41) is 8.47. The van der Waals surface area contributed by atoms with E-state index >= 15 is 0 Å². The van der Waals surface area contributed by atoms with Gasteiger partial charge in [0.15, 0.2) is 11.2 Å². The number of azo groups is 1. The molecule has 8 nitrogen and oxygen atoms in total. The molecule has 4 N–H and O–H groups in total. The summed E-state index contributed by atoms with van der Waals surface area (Å²) in [7, 11) is 0. The van der Waals surface area contributed by atoms with Gasteiger partial charge in [-0.05, 0) is 24.3 Å². The average Bonchev–Trinajstić information content (AvgIpc) is 2.81. The highest BCUT2D eigenvalue weighted by molar-refractivity contribution is 6.30. The van der Waals surface area contributed by atoms with Gasteiger partial charge in [0.05, 0.1) is 5.69 Å². The first kappa shape index (κ1) is 12.3. The molecule has 0 fully saturated rings. The number of aromatic amines is 2. The summed E-state index contributed by atoms with van der Waals surface area (Å²) >= 11 is 5.77. The highest BCUT2D eigenvalue weighted by Gasteiger charge is 2.07. The molecular weight excluding hydrogens is 282 g/mol. The van der Waals surface area contributed by atoms with Gasteiger partial charge in [-0.3, -0.25) is 9.78 Å². The zero-order valence-electron chi connectivity index (χ0n) is 9.96. The second-order valence-electron chi connectivity index (χ2n) is 3.89. The third kappa shape index (κ3) is 2.36. The minimum absolute atomic E-state index is 0.00445. The Morgan fingerprint density at radius 1 is 1.10 bits per heavy atom. The van der Waals surface area contributed by atoms with E-state index in [1.54, 1.807) is 24.3 Å². The van der Waals surface area contributed by atoms with Gasteiger partial charge in [0, 0.05) is 5.02 Å². The quantitative estimate of drug-likeness (QED) is 0.626. The fourth-order valence-corrected chi connectivity index (χ4v) is 1.70. The van der Waals surface area contributed by atoms with E-state index in [0.29, 0.717) is 10.7 Å². The van der Waals surface area contributed by atoms with Crippen molar-refractivity contribution in [1.29, 1.82) is 0 Å². The molecule has 1 aromatic carbocycles. The molecule has 0 atom stereocenters. The van der Waals surface area contributed by atoms with E-state index in [1.165, 1.54) is 0 Å². The Labute approximate surface area is 116 Å². The number of rotatable bonds is 2. The van der Waals surface area contributed by atoms with Gasteiger partial charge in [0.25, 0.3) is 5.56 Å². The summed E-state index contributed by atoms with van der Waals surface area (Å²) in [5.41, 5.74) is 6.01. The van der Waals surface area contributed by atoms with Crippen LogP contribution in [0.2, 0.25) is 5.02 Å². The van der Waals surface area contributed by atoms with Crippen LogP contribution in [0.4, 0.5) is 17.6 Å². The van der Waals surface area contributed by atoms with E-state index in [2.05, 4.69) is 30.2 Å². The standard InChI is InChI=1S/C11H8ClN7O/c12-5-1-3-6(4-2-5)18-19-11-14-7-8(16-11)15-10(13)17-9(7)20/h1-4H,(H4,13,14,15,16,17,20). The molecule has 0 aliphatic carbocycles. The maximum absolute atomic E-state index is 11.6. The van der Waals surface area contributed by atoms with E-state index in [9.17, 15) is 4.79 Å². The largest absolute Gasteiger partial charge is 0.369 e. The molecule has 0 aliphatic heterocycles. The average molecular weight is 290 g/mol. The van der Waals surface area contributed by atoms with Crippen molar-refractivity contribution in [3.8, 4) is 0 Å². The van der Waals surface area contributed by atoms with E-state index in [-0.39, 0.29) is 23.1 Å². The van der Waals surface area contributed by atoms with Crippen LogP contribution in [0.25, 0.3) is 11.2 Å². The number of aromatic nitrogens is 4. The van der Waals surface area contributed by atoms with Gasteiger partial charge >= 0.3 is 0 Å². The molecule has 0 saturated carbocycles. The zero-order valence-corrected chi connectivity index (χ0v) is 10.7. The summed E-state index contributed by atoms with van der Waals surface area (Å²) in [6.45, 7) is 0. The number of benzene rings is 1. The number of nitrogens with two attached hydrogens (primary N) is 1. The molecular formula is C11H8ClN7O. The first-order valence-electron chi connectivity index (χ1n) is 5.54. The minimum Gasteiger partial charge on any atom is -0.369 e. The van der Waals surface area contributed by atoms with Crippen LogP contribution in [0.3, 0.4) is 0 Å². The van der Waals surface area contributed by atoms with Crippen molar-refractivity contribution in [2.45, 2.75) is 0 Å². The van der Waals surface area contributed by atoms with Gasteiger partial charge in [0.2, 0.25) is 11.9 Å². The summed E-state index contributed by atoms with van der Waals surface area (Å²) in [5.74, 6) is 0.161. The number of nitrogens with zero attached hydrogens (tertiary/aromatic N) is 4. The lowest BCUT2D eigenvalue weighted by molar-refractivity contribution is 1.13. The lowest BCUT2D eigenvalue weighted by Crippen LogP contribution is -2.10. The van der Waals surface area contributed by atoms with E-state index in [0.717, 1.165) is 0 Å². The molecule has 20 heavy (non-hydrogen) atoms. The number of hydrogen-bond donors (Lipinski definition) is 3. The number of hydrogen-bond acceptors (Lipinski definition) is 6. The molecule has 2 heterocycles. The second kappa shape index (κ2) is 4.74. The van der Waals surface area contributed by atoms with Crippen LogP contribution in [-0.2, 0) is 0 Å². The van der Waals surface area contributed by atoms with Crippen molar-refractivity contribution in [2.24, 2.45) is 10.2 Å². The molecule has 3 aromatic rings. The zero-order chi connectivity index (χ0) is 14.1. The molecule has 3 rings (SSSR count). The first-order chi connectivity index (χ1) is 9.61. The number of halogens is 1. The number of nitrogens with one attached hydrogen (secondary N) is 2. The number of nitrogen functional groups attached to an aromatic ring is 1. The Kier molecular flexibility index (Phi) is 2.92. The van der Waals surface area contributed by atoms with Crippen molar-refractivity contribution >= 4 is 40.3 Å². The van der Waals surface area contributed by atoms with E-state index < -0.39 is 5.56 Å². The highest BCUT2D eigenvalue weighted by Crippen LogP contribution is 2.19. The van der Waals surface area contributed by atoms with Crippen LogP contribution in [0, 0.1) is 0 Å². The summed E-state index contributed by atoms with van der Waals surface area (Å²) in [6, 6.07) is 6.80. The maximum atomic E-state index is 11.6. The molecule has 0 unspecified atom stereocenters. The molecule has 2 aromatic heterocycles. The Hall–Kier alpha value is -2.74. The van der Waals surface area contributed by atoms with Gasteiger partial charge in [-0.1, -0.05) is 11.6 Å². The third-order valence-corrected chi connectivity index (χ3v) is 2.71. The summed E-state index contributed by atoms with van der Waals surface area (Å²) < 4.78 is 0. The smallest absolute Gasteiger partial charge is 0.278 e. The molecule has 0 spiro atoms. The predicted molar refractivity (Wildman–Crippen MR) is 74.5 cm³/mol. The van der Waals surface area contributed by atoms with Crippen molar-refractivity contribution in [3.63, 3.8) is 0 Å². The van der Waals surface area contributed by atoms with Crippen molar-refractivity contribution in [3.05, 3.63) is 39.6 Å². The Balaban J connectivity index is 1.97. The number of fused-ring (bicyclic) bond motifs is 1. The summed E-state index contributed by atoms with van der Waals surface area (Å²) in [6.07, 6.45) is 0. The Bertz CT molecular complexity index is 849. The van der Waals surface area contributed by atoms with Gasteiger partial charge < -0.3 is 10.7 Å². The first-order valence-corrected chi connectivity index (χ1v) is 5.92. The van der Waals surface area contributed by atoms with Crippen molar-refractivity contribution in [2.75, 3.05) is 5.73 Å². The molecule has 0 amide bonds. The second-order valence-corrected chi connectivity index (χ2v) is 4.32. The van der Waals surface area contributed by atoms with Crippen molar-refractivity contribution < 1.29 is 0 Å². The summed E-state index contributed by atoms with van der Waals surface area (Å²) in [4.78, 5) is 24.6. The van der Waals surface area contributed by atoms with E-state index in [1.807, 2.05) is 0 Å². The fourth-order valence-electron chi connectivity index (χ4n) is 1.57. The van der Waals surface area contributed by atoms with Gasteiger partial charge in [-0.2, -0.15) is 9.97 Å². The fraction of sp³-hybridized carbons (Fsp3) is 0. The molecule has 0 bridgehead atoms. The number of H-pyrrole nitrogens is 2. The number of anilines is 1. The van der Waals surface area contributed by atoms with Crippen LogP contribution in [0.1, 0.15) is 0 Å². The highest BCUT2D eigenvalue weighted by atomic mass is 35.5. The lowest BCUT2D eigenvalue weighted by atomic mass is 10.3. The minimum atomic E-state index is -0.409. The number of imidazole rings is 1. The van der Waals surface area contributed by atoms with Crippen LogP contribution in [-0.4, -0.2) is 19.9 Å². The molecule has 0 radical (unpaired) electrons. The molecule has 100 valence electrons. The Morgan fingerprint density at radius 2 is 1.85 bits per heavy atom. The van der Waals surface area contributed by atoms with Gasteiger partial charge in [-0.25, -0.2) is 0 Å². The van der Waals surface area contributed by atoms with Crippen LogP contribution >= 0.6 is 11.6 Å². The van der Waals surface area contributed by atoms with Crippen LogP contribution < -0.4 is 11.3 Å². The maximum Gasteiger partial charge on any atom is 0.278 e. The van der Waals surface area contributed by atoms with Crippen molar-refractivity contribution in [1.82, 2.24) is 19.9 Å². The van der Waals surface area contributed by atoms with Gasteiger partial charge in [-0.15, -0.1) is 10.2 Å². The van der Waals surface area contributed by atoms with E-state index in [4.69, 9.17) is 17.3 Å². The molecule has 0 aliphatic rings. The normalized spacial score (nSPS) is 11.4. The molecule has 0 saturated heterocycles. The van der Waals surface area contributed by atoms with Crippen LogP contribution in [0.15, 0.2) is 39.3 Å². The predicted octanol–water partition coefficient (Wildman–Crippen LogP) is 2.30. The Morgan fingerprint density at radius 3 is 2.60 bits per heavy atom. The third-order valence-electron chi connectivity index (χ3n) is 2.45. The molecule has 9 heteroatoms. The monoisotopic (exact) mass is 289 g/mol.